The van der Waals surface area contributed by atoms with Crippen LogP contribution in [0.25, 0.3) is 23.0 Å². The number of ether oxygens (including phenoxy) is 3. The summed E-state index contributed by atoms with van der Waals surface area (Å²) in [5, 5.41) is 4.92. The maximum atomic E-state index is 14.2. The maximum Gasteiger partial charge on any atom is 0.338 e. The van der Waals surface area contributed by atoms with E-state index in [1.807, 2.05) is 98.1 Å². The molecular formula is C35H32N4O5S. The highest BCUT2D eigenvalue weighted by Crippen LogP contribution is 2.32. The highest BCUT2D eigenvalue weighted by Gasteiger charge is 2.33. The molecule has 6 rings (SSSR count). The standard InChI is InChI=1S/C35H32N4O5S/c1-5-43-28-18-12-23(13-19-28)31-25(21-38(37-31)26-10-8-7-9-11-26)20-29-33(40)39-32(24-14-16-27(42-4)17-15-24)30(34(41)44-6-2)22(3)36-35(39)45-29/h7-21,32H,5-6H2,1-4H3. The summed E-state index contributed by atoms with van der Waals surface area (Å²) in [4.78, 5) is 32.7. The Kier molecular flexibility index (Phi) is 8.48. The van der Waals surface area contributed by atoms with E-state index < -0.39 is 12.0 Å². The quantitative estimate of drug-likeness (QED) is 0.214. The fraction of sp³-hybridized carbons (Fsp3) is 0.200. The molecule has 1 aliphatic rings. The first kappa shape index (κ1) is 29.8. The van der Waals surface area contributed by atoms with E-state index >= 15 is 0 Å². The van der Waals surface area contributed by atoms with Crippen LogP contribution in [0.2, 0.25) is 0 Å². The molecule has 3 heterocycles. The summed E-state index contributed by atoms with van der Waals surface area (Å²) in [6.07, 6.45) is 3.76. The minimum Gasteiger partial charge on any atom is -0.497 e. The lowest BCUT2D eigenvalue weighted by Crippen LogP contribution is -2.39. The molecule has 0 N–H and O–H groups in total. The molecule has 0 spiro atoms. The van der Waals surface area contributed by atoms with Gasteiger partial charge in [0.15, 0.2) is 4.80 Å². The van der Waals surface area contributed by atoms with Gasteiger partial charge in [-0.2, -0.15) is 5.10 Å². The Labute approximate surface area is 264 Å². The summed E-state index contributed by atoms with van der Waals surface area (Å²) in [5.74, 6) is 0.933. The molecule has 0 fully saturated rings. The van der Waals surface area contributed by atoms with Gasteiger partial charge >= 0.3 is 5.97 Å². The van der Waals surface area contributed by atoms with E-state index in [2.05, 4.69) is 0 Å². The van der Waals surface area contributed by atoms with Crippen LogP contribution in [-0.4, -0.2) is 40.6 Å². The zero-order valence-corrected chi connectivity index (χ0v) is 26.2. The average molecular weight is 621 g/mol. The van der Waals surface area contributed by atoms with Gasteiger partial charge in [0.25, 0.3) is 5.56 Å². The molecule has 2 aromatic heterocycles. The van der Waals surface area contributed by atoms with Crippen molar-refractivity contribution in [1.82, 2.24) is 14.3 Å². The van der Waals surface area contributed by atoms with E-state index in [4.69, 9.17) is 24.3 Å². The molecule has 228 valence electrons. The van der Waals surface area contributed by atoms with Crippen LogP contribution in [0.3, 0.4) is 0 Å². The van der Waals surface area contributed by atoms with Gasteiger partial charge in [-0.1, -0.05) is 41.7 Å². The van der Waals surface area contributed by atoms with Crippen LogP contribution in [0.5, 0.6) is 11.5 Å². The molecule has 0 radical (unpaired) electrons. The molecule has 0 amide bonds. The molecule has 9 nitrogen and oxygen atoms in total. The zero-order chi connectivity index (χ0) is 31.5. The number of thiazole rings is 1. The smallest absolute Gasteiger partial charge is 0.338 e. The Morgan fingerprint density at radius 1 is 0.956 bits per heavy atom. The number of carbonyl (C=O) groups is 1. The molecule has 1 unspecified atom stereocenters. The van der Waals surface area contributed by atoms with Crippen molar-refractivity contribution in [3.63, 3.8) is 0 Å². The van der Waals surface area contributed by atoms with Gasteiger partial charge in [0.1, 0.15) is 17.2 Å². The third-order valence-corrected chi connectivity index (χ3v) is 8.42. The molecule has 0 bridgehead atoms. The number of benzene rings is 3. The Morgan fingerprint density at radius 3 is 2.33 bits per heavy atom. The van der Waals surface area contributed by atoms with Crippen LogP contribution in [0.4, 0.5) is 0 Å². The Morgan fingerprint density at radius 2 is 1.67 bits per heavy atom. The van der Waals surface area contributed by atoms with Gasteiger partial charge < -0.3 is 14.2 Å². The van der Waals surface area contributed by atoms with Gasteiger partial charge in [-0.3, -0.25) is 9.36 Å². The molecule has 45 heavy (non-hydrogen) atoms. The number of fused-ring (bicyclic) bond motifs is 1. The van der Waals surface area contributed by atoms with Gasteiger partial charge in [-0.05, 0) is 80.9 Å². The third kappa shape index (κ3) is 5.84. The number of methoxy groups -OCH3 is 1. The number of carbonyl (C=O) groups excluding carboxylic acids is 1. The van der Waals surface area contributed by atoms with E-state index in [1.54, 1.807) is 30.2 Å². The van der Waals surface area contributed by atoms with Gasteiger partial charge in [0.2, 0.25) is 0 Å². The second kappa shape index (κ2) is 12.8. The van der Waals surface area contributed by atoms with Gasteiger partial charge in [0, 0.05) is 17.3 Å². The first-order chi connectivity index (χ1) is 21.9. The van der Waals surface area contributed by atoms with Crippen molar-refractivity contribution in [3.05, 3.63) is 127 Å². The molecule has 3 aromatic carbocycles. The van der Waals surface area contributed by atoms with Crippen molar-refractivity contribution in [2.45, 2.75) is 26.8 Å². The fourth-order valence-corrected chi connectivity index (χ4v) is 6.38. The highest BCUT2D eigenvalue weighted by molar-refractivity contribution is 7.07. The van der Waals surface area contributed by atoms with E-state index in [0.29, 0.717) is 38.7 Å². The summed E-state index contributed by atoms with van der Waals surface area (Å²) in [6, 6.07) is 24.1. The van der Waals surface area contributed by atoms with Crippen molar-refractivity contribution in [1.29, 1.82) is 0 Å². The second-order valence-corrected chi connectivity index (χ2v) is 11.3. The Hall–Kier alpha value is -5.22. The van der Waals surface area contributed by atoms with Crippen molar-refractivity contribution in [2.24, 2.45) is 4.99 Å². The predicted molar refractivity (Wildman–Crippen MR) is 174 cm³/mol. The lowest BCUT2D eigenvalue weighted by atomic mass is 9.96. The van der Waals surface area contributed by atoms with Crippen molar-refractivity contribution in [3.8, 4) is 28.4 Å². The Bertz CT molecular complexity index is 2060. The van der Waals surface area contributed by atoms with Gasteiger partial charge in [0.05, 0.1) is 47.9 Å². The summed E-state index contributed by atoms with van der Waals surface area (Å²) in [5.41, 5.74) is 4.55. The topological polar surface area (TPSA) is 96.9 Å². The van der Waals surface area contributed by atoms with E-state index in [-0.39, 0.29) is 12.2 Å². The van der Waals surface area contributed by atoms with Crippen LogP contribution in [0, 0.1) is 0 Å². The Balaban J connectivity index is 1.53. The third-order valence-electron chi connectivity index (χ3n) is 7.44. The monoisotopic (exact) mass is 620 g/mol. The van der Waals surface area contributed by atoms with Crippen LogP contribution in [0.15, 0.2) is 106 Å². The lowest BCUT2D eigenvalue weighted by Gasteiger charge is -2.24. The molecule has 1 aliphatic heterocycles. The number of esters is 1. The molecule has 10 heteroatoms. The number of hydrogen-bond donors (Lipinski definition) is 0. The number of allylic oxidation sites excluding steroid dienone is 1. The minimum absolute atomic E-state index is 0.203. The van der Waals surface area contributed by atoms with Crippen molar-refractivity contribution < 1.29 is 19.0 Å². The van der Waals surface area contributed by atoms with Crippen LogP contribution in [0.1, 0.15) is 37.9 Å². The molecule has 1 atom stereocenters. The summed E-state index contributed by atoms with van der Waals surface area (Å²) in [7, 11) is 1.59. The zero-order valence-electron chi connectivity index (χ0n) is 25.4. The normalized spacial score (nSPS) is 14.6. The van der Waals surface area contributed by atoms with Crippen LogP contribution >= 0.6 is 11.3 Å². The van der Waals surface area contributed by atoms with Crippen molar-refractivity contribution >= 4 is 23.4 Å². The summed E-state index contributed by atoms with van der Waals surface area (Å²) < 4.78 is 20.2. The number of aromatic nitrogens is 3. The van der Waals surface area contributed by atoms with E-state index in [9.17, 15) is 9.59 Å². The lowest BCUT2D eigenvalue weighted by molar-refractivity contribution is -0.139. The average Bonchev–Trinajstić information content (AvgIpc) is 3.62. The van der Waals surface area contributed by atoms with E-state index in [0.717, 1.165) is 28.1 Å². The molecule has 0 saturated carbocycles. The SMILES string of the molecule is CCOC(=O)C1=C(C)N=c2sc(=Cc3cn(-c4ccccc4)nc3-c3ccc(OCC)cc3)c(=O)n2C1c1ccc(OC)cc1. The number of para-hydroxylation sites is 1. The molecular weight excluding hydrogens is 588 g/mol. The molecule has 0 saturated heterocycles. The number of hydrogen-bond acceptors (Lipinski definition) is 8. The van der Waals surface area contributed by atoms with Crippen LogP contribution in [-0.2, 0) is 9.53 Å². The second-order valence-electron chi connectivity index (χ2n) is 10.2. The summed E-state index contributed by atoms with van der Waals surface area (Å²) >= 11 is 1.27. The fourth-order valence-electron chi connectivity index (χ4n) is 5.34. The predicted octanol–water partition coefficient (Wildman–Crippen LogP) is 5.06. The van der Waals surface area contributed by atoms with Crippen molar-refractivity contribution in [2.75, 3.05) is 20.3 Å². The minimum atomic E-state index is -0.717. The summed E-state index contributed by atoms with van der Waals surface area (Å²) in [6.45, 7) is 6.24. The van der Waals surface area contributed by atoms with Gasteiger partial charge in [-0.15, -0.1) is 0 Å². The van der Waals surface area contributed by atoms with E-state index in [1.165, 1.54) is 11.3 Å². The van der Waals surface area contributed by atoms with Crippen LogP contribution < -0.4 is 24.4 Å². The maximum absolute atomic E-state index is 14.2. The number of rotatable bonds is 9. The van der Waals surface area contributed by atoms with Gasteiger partial charge in [-0.25, -0.2) is 14.5 Å². The largest absolute Gasteiger partial charge is 0.497 e. The highest BCUT2D eigenvalue weighted by atomic mass is 32.1. The molecule has 0 aliphatic carbocycles. The number of nitrogens with zero attached hydrogens (tertiary/aromatic N) is 4. The first-order valence-electron chi connectivity index (χ1n) is 14.6. The first-order valence-corrected chi connectivity index (χ1v) is 15.5. The molecule has 5 aromatic rings.